The zero-order valence-electron chi connectivity index (χ0n) is 12.8. The monoisotopic (exact) mass is 408 g/mol. The summed E-state index contributed by atoms with van der Waals surface area (Å²) in [5.41, 5.74) is 7.39. The van der Waals surface area contributed by atoms with E-state index in [-0.39, 0.29) is 16.4 Å². The van der Waals surface area contributed by atoms with Gasteiger partial charge in [0, 0.05) is 34.9 Å². The molecule has 9 heteroatoms. The summed E-state index contributed by atoms with van der Waals surface area (Å²) in [6.45, 7) is 0. The summed E-state index contributed by atoms with van der Waals surface area (Å²) in [6.07, 6.45) is 2.40. The van der Waals surface area contributed by atoms with Crippen molar-refractivity contribution in [1.82, 2.24) is 14.5 Å². The van der Waals surface area contributed by atoms with Gasteiger partial charge >= 0.3 is 0 Å². The number of rotatable bonds is 2. The molecule has 2 N–H and O–H groups in total. The minimum Gasteiger partial charge on any atom is -0.397 e. The number of nitrogen functional groups attached to an aromatic ring is 1. The molecular weight excluding hydrogens is 396 g/mol. The van der Waals surface area contributed by atoms with Crippen molar-refractivity contribution in [2.45, 2.75) is 5.16 Å². The molecule has 0 aliphatic rings. The highest BCUT2D eigenvalue weighted by molar-refractivity contribution is 9.10. The molecule has 0 unspecified atom stereocenters. The molecule has 0 fully saturated rings. The number of aryl methyl sites for hydroxylation is 1. The molecule has 0 bridgehead atoms. The van der Waals surface area contributed by atoms with E-state index in [0.29, 0.717) is 26.7 Å². The number of anilines is 1. The molecule has 0 spiro atoms. The summed E-state index contributed by atoms with van der Waals surface area (Å²) < 4.78 is 25.2. The van der Waals surface area contributed by atoms with Crippen LogP contribution in [0.15, 0.2) is 44.9 Å². The third-order valence-corrected chi connectivity index (χ3v) is 5.15. The minimum absolute atomic E-state index is 0.243. The molecule has 0 amide bonds. The number of para-hydroxylation sites is 1. The van der Waals surface area contributed by atoms with Crippen LogP contribution in [0, 0.1) is 0 Å². The number of hydrogen-bond acceptors (Lipinski definition) is 6. The van der Waals surface area contributed by atoms with Crippen molar-refractivity contribution in [3.05, 3.63) is 45.3 Å². The van der Waals surface area contributed by atoms with Crippen LogP contribution in [0.4, 0.5) is 5.69 Å². The Morgan fingerprint density at radius 3 is 2.62 bits per heavy atom. The second-order valence-corrected chi connectivity index (χ2v) is 8.09. The van der Waals surface area contributed by atoms with Gasteiger partial charge in [-0.2, -0.15) is 4.98 Å². The van der Waals surface area contributed by atoms with E-state index in [2.05, 4.69) is 25.9 Å². The molecule has 2 heterocycles. The molecule has 0 aliphatic carbocycles. The van der Waals surface area contributed by atoms with Gasteiger partial charge in [0.15, 0.2) is 0 Å². The van der Waals surface area contributed by atoms with E-state index in [0.717, 1.165) is 6.26 Å². The number of sulfone groups is 1. The highest BCUT2D eigenvalue weighted by Crippen LogP contribution is 2.30. The number of fused-ring (bicyclic) bond motifs is 1. The van der Waals surface area contributed by atoms with E-state index in [9.17, 15) is 13.2 Å². The molecule has 0 radical (unpaired) electrons. The summed E-state index contributed by atoms with van der Waals surface area (Å²) in [6, 6.07) is 6.92. The SMILES string of the molecule is Cn1c(=O)c(-c2cccc(Br)c2N)cc2cnc(S(C)(=O)=O)nc21. The van der Waals surface area contributed by atoms with Crippen molar-refractivity contribution in [3.63, 3.8) is 0 Å². The second-order valence-electron chi connectivity index (χ2n) is 5.33. The van der Waals surface area contributed by atoms with E-state index < -0.39 is 9.84 Å². The topological polar surface area (TPSA) is 108 Å². The first-order valence-corrected chi connectivity index (χ1v) is 9.50. The highest BCUT2D eigenvalue weighted by atomic mass is 79.9. The zero-order chi connectivity index (χ0) is 17.6. The van der Waals surface area contributed by atoms with Crippen molar-refractivity contribution in [3.8, 4) is 11.1 Å². The number of pyridine rings is 1. The third-order valence-electron chi connectivity index (χ3n) is 3.60. The van der Waals surface area contributed by atoms with Crippen LogP contribution in [-0.2, 0) is 16.9 Å². The first-order chi connectivity index (χ1) is 11.2. The highest BCUT2D eigenvalue weighted by Gasteiger charge is 2.17. The van der Waals surface area contributed by atoms with Crippen LogP contribution in [0.3, 0.4) is 0 Å². The van der Waals surface area contributed by atoms with Crippen LogP contribution in [-0.4, -0.2) is 29.2 Å². The van der Waals surface area contributed by atoms with E-state index in [4.69, 9.17) is 5.73 Å². The van der Waals surface area contributed by atoms with Crippen LogP contribution in [0.1, 0.15) is 0 Å². The van der Waals surface area contributed by atoms with E-state index in [1.165, 1.54) is 17.8 Å². The molecule has 124 valence electrons. The van der Waals surface area contributed by atoms with Gasteiger partial charge in [-0.1, -0.05) is 12.1 Å². The van der Waals surface area contributed by atoms with Crippen LogP contribution in [0.25, 0.3) is 22.2 Å². The summed E-state index contributed by atoms with van der Waals surface area (Å²) in [4.78, 5) is 20.6. The fourth-order valence-corrected chi connectivity index (χ4v) is 3.24. The Morgan fingerprint density at radius 2 is 1.96 bits per heavy atom. The smallest absolute Gasteiger partial charge is 0.259 e. The van der Waals surface area contributed by atoms with Crippen molar-refractivity contribution >= 4 is 42.5 Å². The standard InChI is InChI=1S/C15H13BrN4O3S/c1-20-13-8(7-18-15(19-13)24(2,22)23)6-10(14(20)21)9-4-3-5-11(16)12(9)17/h3-7H,17H2,1-2H3. The average molecular weight is 409 g/mol. The maximum Gasteiger partial charge on any atom is 0.259 e. The normalized spacial score (nSPS) is 11.8. The van der Waals surface area contributed by atoms with E-state index in [1.54, 1.807) is 24.3 Å². The second kappa shape index (κ2) is 5.67. The van der Waals surface area contributed by atoms with Gasteiger partial charge in [0.05, 0.1) is 11.3 Å². The molecule has 0 aliphatic heterocycles. The van der Waals surface area contributed by atoms with Crippen LogP contribution >= 0.6 is 15.9 Å². The minimum atomic E-state index is -3.56. The zero-order valence-corrected chi connectivity index (χ0v) is 15.2. The molecule has 24 heavy (non-hydrogen) atoms. The van der Waals surface area contributed by atoms with Crippen LogP contribution in [0.5, 0.6) is 0 Å². The van der Waals surface area contributed by atoms with Crippen LogP contribution in [0.2, 0.25) is 0 Å². The number of aromatic nitrogens is 3. The summed E-state index contributed by atoms with van der Waals surface area (Å²) in [5, 5.41) is 0.221. The molecule has 1 aromatic carbocycles. The molecule has 2 aromatic heterocycles. The number of benzene rings is 1. The number of nitrogens with zero attached hydrogens (tertiary/aromatic N) is 3. The molecule has 0 saturated heterocycles. The summed E-state index contributed by atoms with van der Waals surface area (Å²) >= 11 is 3.34. The van der Waals surface area contributed by atoms with Gasteiger partial charge in [0.25, 0.3) is 5.56 Å². The first-order valence-electron chi connectivity index (χ1n) is 6.81. The summed E-state index contributed by atoms with van der Waals surface area (Å²) in [5.74, 6) is 0. The number of hydrogen-bond donors (Lipinski definition) is 1. The van der Waals surface area contributed by atoms with Crippen molar-refractivity contribution in [2.24, 2.45) is 7.05 Å². The predicted molar refractivity (Wildman–Crippen MR) is 95.4 cm³/mol. The average Bonchev–Trinajstić information content (AvgIpc) is 2.52. The maximum absolute atomic E-state index is 12.7. The lowest BCUT2D eigenvalue weighted by Gasteiger charge is -2.11. The van der Waals surface area contributed by atoms with Gasteiger partial charge in [-0.05, 0) is 28.1 Å². The molecule has 7 nitrogen and oxygen atoms in total. The Balaban J connectivity index is 2.36. The van der Waals surface area contributed by atoms with Gasteiger partial charge in [-0.25, -0.2) is 13.4 Å². The lowest BCUT2D eigenvalue weighted by atomic mass is 10.0. The number of nitrogens with two attached hydrogens (primary N) is 1. The van der Waals surface area contributed by atoms with Gasteiger partial charge < -0.3 is 5.73 Å². The Labute approximate surface area is 146 Å². The Kier molecular flexibility index (Phi) is 3.92. The third kappa shape index (κ3) is 2.69. The van der Waals surface area contributed by atoms with Crippen molar-refractivity contribution < 1.29 is 8.42 Å². The molecule has 3 rings (SSSR count). The van der Waals surface area contributed by atoms with Gasteiger partial charge in [0.2, 0.25) is 15.0 Å². The Bertz CT molecular complexity index is 1140. The lowest BCUT2D eigenvalue weighted by Crippen LogP contribution is -2.21. The Hall–Kier alpha value is -2.26. The lowest BCUT2D eigenvalue weighted by molar-refractivity contribution is 0.593. The first kappa shape index (κ1) is 16.6. The molecule has 0 saturated carbocycles. The molecule has 3 aromatic rings. The summed E-state index contributed by atoms with van der Waals surface area (Å²) in [7, 11) is -2.03. The van der Waals surface area contributed by atoms with E-state index >= 15 is 0 Å². The van der Waals surface area contributed by atoms with Crippen molar-refractivity contribution in [2.75, 3.05) is 12.0 Å². The van der Waals surface area contributed by atoms with Gasteiger partial charge in [-0.15, -0.1) is 0 Å². The largest absolute Gasteiger partial charge is 0.397 e. The number of halogens is 1. The molecule has 0 atom stereocenters. The van der Waals surface area contributed by atoms with Crippen LogP contribution < -0.4 is 11.3 Å². The fourth-order valence-electron chi connectivity index (χ4n) is 2.37. The van der Waals surface area contributed by atoms with Gasteiger partial charge in [-0.3, -0.25) is 9.36 Å². The van der Waals surface area contributed by atoms with E-state index in [1.807, 2.05) is 0 Å². The van der Waals surface area contributed by atoms with Crippen molar-refractivity contribution in [1.29, 1.82) is 0 Å². The predicted octanol–water partition coefficient (Wildman–Crippen LogP) is 1.74. The Morgan fingerprint density at radius 1 is 1.25 bits per heavy atom. The fraction of sp³-hybridized carbons (Fsp3) is 0.133. The maximum atomic E-state index is 12.7. The quantitative estimate of drug-likeness (QED) is 0.510. The van der Waals surface area contributed by atoms with Gasteiger partial charge in [0.1, 0.15) is 5.65 Å². The molecular formula is C15H13BrN4O3S.